The zero-order chi connectivity index (χ0) is 18.0. The van der Waals surface area contributed by atoms with Crippen LogP contribution in [0.15, 0.2) is 36.4 Å². The normalized spacial score (nSPS) is 15.0. The highest BCUT2D eigenvalue weighted by Crippen LogP contribution is 2.34. The summed E-state index contributed by atoms with van der Waals surface area (Å²) in [4.78, 5) is 29.0. The fraction of sp³-hybridized carbons (Fsp3) is 0.381. The molecular formula is C21H23NO3. The van der Waals surface area contributed by atoms with Crippen LogP contribution in [0.1, 0.15) is 76.4 Å². The molecule has 1 heterocycles. The van der Waals surface area contributed by atoms with Crippen LogP contribution in [0.2, 0.25) is 0 Å². The van der Waals surface area contributed by atoms with Crippen molar-refractivity contribution in [3.63, 3.8) is 0 Å². The van der Waals surface area contributed by atoms with Crippen LogP contribution in [-0.4, -0.2) is 21.7 Å². The summed E-state index contributed by atoms with van der Waals surface area (Å²) in [5.74, 6) is 0.364. The molecule has 25 heavy (non-hydrogen) atoms. The van der Waals surface area contributed by atoms with Gasteiger partial charge in [-0.3, -0.25) is 9.59 Å². The number of pyridine rings is 1. The van der Waals surface area contributed by atoms with Crippen LogP contribution in [0.3, 0.4) is 0 Å². The van der Waals surface area contributed by atoms with Crippen molar-refractivity contribution in [1.29, 1.82) is 0 Å². The van der Waals surface area contributed by atoms with Crippen LogP contribution in [0.25, 0.3) is 0 Å². The number of nitrogens with zero attached hydrogens (tertiary/aromatic N) is 1. The van der Waals surface area contributed by atoms with Crippen molar-refractivity contribution in [2.75, 3.05) is 0 Å². The summed E-state index contributed by atoms with van der Waals surface area (Å²) in [6.07, 6.45) is 2.04. The van der Waals surface area contributed by atoms with Crippen LogP contribution in [0.4, 0.5) is 0 Å². The average molecular weight is 337 g/mol. The van der Waals surface area contributed by atoms with Crippen molar-refractivity contribution >= 4 is 11.6 Å². The first-order chi connectivity index (χ1) is 12.0. The lowest BCUT2D eigenvalue weighted by atomic mass is 9.97. The van der Waals surface area contributed by atoms with Crippen molar-refractivity contribution < 1.29 is 14.7 Å². The molecule has 1 aliphatic rings. The van der Waals surface area contributed by atoms with Crippen LogP contribution in [0.5, 0.6) is 0 Å². The van der Waals surface area contributed by atoms with E-state index in [0.717, 1.165) is 24.0 Å². The second-order valence-electron chi connectivity index (χ2n) is 6.77. The number of aryl methyl sites for hydroxylation is 1. The third kappa shape index (κ3) is 4.02. The van der Waals surface area contributed by atoms with Crippen molar-refractivity contribution in [2.24, 2.45) is 5.92 Å². The summed E-state index contributed by atoms with van der Waals surface area (Å²) in [6, 6.07) is 10.7. The van der Waals surface area contributed by atoms with Gasteiger partial charge in [0.2, 0.25) is 0 Å². The van der Waals surface area contributed by atoms with Gasteiger partial charge in [-0.1, -0.05) is 31.2 Å². The quantitative estimate of drug-likeness (QED) is 0.774. The Labute approximate surface area is 147 Å². The zero-order valence-electron chi connectivity index (χ0n) is 14.7. The van der Waals surface area contributed by atoms with Crippen molar-refractivity contribution in [3.8, 4) is 0 Å². The molecule has 1 saturated carbocycles. The molecule has 0 amide bonds. The van der Waals surface area contributed by atoms with Gasteiger partial charge in [0, 0.05) is 18.4 Å². The number of hydrogen-bond acceptors (Lipinski definition) is 4. The van der Waals surface area contributed by atoms with Crippen LogP contribution in [-0.2, 0) is 0 Å². The lowest BCUT2D eigenvalue weighted by molar-refractivity contribution is 0.0975. The summed E-state index contributed by atoms with van der Waals surface area (Å²) >= 11 is 0. The number of aliphatic hydroxyl groups excluding tert-OH is 1. The molecule has 1 aromatic carbocycles. The first-order valence-electron chi connectivity index (χ1n) is 8.81. The molecule has 130 valence electrons. The Morgan fingerprint density at radius 2 is 1.92 bits per heavy atom. The number of carbonyl (C=O) groups is 2. The van der Waals surface area contributed by atoms with Crippen LogP contribution >= 0.6 is 0 Å². The monoisotopic (exact) mass is 337 g/mol. The molecule has 1 N–H and O–H groups in total. The molecule has 2 aromatic rings. The standard InChI is InChI=1S/C21H23NO3/c1-3-19(23)17-11-15(20(24)10-14-8-9-14)12-18(22-17)21(25)16-7-5-4-6-13(16)2/h4-7,11-12,14,21,25H,3,8-10H2,1-2H3/t21-/m1/s1. The topological polar surface area (TPSA) is 67.3 Å². The fourth-order valence-electron chi connectivity index (χ4n) is 2.93. The lowest BCUT2D eigenvalue weighted by Gasteiger charge is -2.15. The molecule has 1 aliphatic carbocycles. The molecule has 1 aromatic heterocycles. The van der Waals surface area contributed by atoms with Crippen molar-refractivity contribution in [1.82, 2.24) is 4.98 Å². The second-order valence-corrected chi connectivity index (χ2v) is 6.77. The number of rotatable bonds is 7. The van der Waals surface area contributed by atoms with Gasteiger partial charge in [-0.25, -0.2) is 4.98 Å². The second kappa shape index (κ2) is 7.28. The largest absolute Gasteiger partial charge is 0.382 e. The summed E-state index contributed by atoms with van der Waals surface area (Å²) in [7, 11) is 0. The Morgan fingerprint density at radius 3 is 2.56 bits per heavy atom. The molecule has 4 nitrogen and oxygen atoms in total. The Bertz CT molecular complexity index is 809. The van der Waals surface area contributed by atoms with E-state index in [1.54, 1.807) is 19.1 Å². The third-order valence-electron chi connectivity index (χ3n) is 4.71. The number of Topliss-reactive ketones (excluding diaryl/α,β-unsaturated/α-hetero) is 2. The van der Waals surface area contributed by atoms with Gasteiger partial charge in [-0.05, 0) is 48.9 Å². The Kier molecular flexibility index (Phi) is 5.09. The molecule has 0 radical (unpaired) electrons. The van der Waals surface area contributed by atoms with E-state index in [2.05, 4.69) is 4.98 Å². The highest BCUT2D eigenvalue weighted by atomic mass is 16.3. The molecule has 4 heteroatoms. The number of benzene rings is 1. The minimum absolute atomic E-state index is 0.0216. The zero-order valence-corrected chi connectivity index (χ0v) is 14.7. The van der Waals surface area contributed by atoms with E-state index >= 15 is 0 Å². The first kappa shape index (κ1) is 17.5. The molecule has 1 fully saturated rings. The van der Waals surface area contributed by atoms with Crippen molar-refractivity contribution in [2.45, 2.75) is 45.6 Å². The Morgan fingerprint density at radius 1 is 1.20 bits per heavy atom. The molecule has 0 saturated heterocycles. The highest BCUT2D eigenvalue weighted by molar-refractivity contribution is 6.00. The minimum atomic E-state index is -0.960. The summed E-state index contributed by atoms with van der Waals surface area (Å²) < 4.78 is 0. The van der Waals surface area contributed by atoms with Gasteiger partial charge in [0.1, 0.15) is 11.8 Å². The first-order valence-corrected chi connectivity index (χ1v) is 8.81. The SMILES string of the molecule is CCC(=O)c1cc(C(=O)CC2CC2)cc([C@H](O)c2ccccc2C)n1. The highest BCUT2D eigenvalue weighted by Gasteiger charge is 2.26. The fourth-order valence-corrected chi connectivity index (χ4v) is 2.93. The van der Waals surface area contributed by atoms with E-state index in [-0.39, 0.29) is 17.3 Å². The van der Waals surface area contributed by atoms with E-state index < -0.39 is 6.10 Å². The Balaban J connectivity index is 2.00. The van der Waals surface area contributed by atoms with E-state index in [1.165, 1.54) is 0 Å². The van der Waals surface area contributed by atoms with E-state index in [9.17, 15) is 14.7 Å². The predicted molar refractivity (Wildman–Crippen MR) is 95.8 cm³/mol. The van der Waals surface area contributed by atoms with Gasteiger partial charge < -0.3 is 5.11 Å². The van der Waals surface area contributed by atoms with Gasteiger partial charge in [0.25, 0.3) is 0 Å². The van der Waals surface area contributed by atoms with E-state index in [4.69, 9.17) is 0 Å². The molecule has 0 unspecified atom stereocenters. The lowest BCUT2D eigenvalue weighted by Crippen LogP contribution is -2.12. The number of carbonyl (C=O) groups excluding carboxylic acids is 2. The summed E-state index contributed by atoms with van der Waals surface area (Å²) in [5.41, 5.74) is 2.76. The molecule has 1 atom stereocenters. The van der Waals surface area contributed by atoms with Crippen molar-refractivity contribution in [3.05, 3.63) is 64.5 Å². The number of aromatic nitrogens is 1. The maximum absolute atomic E-state index is 12.5. The maximum Gasteiger partial charge on any atom is 0.180 e. The average Bonchev–Trinajstić information content (AvgIpc) is 3.44. The van der Waals surface area contributed by atoms with Crippen LogP contribution < -0.4 is 0 Å². The minimum Gasteiger partial charge on any atom is -0.382 e. The van der Waals surface area contributed by atoms with Gasteiger partial charge in [0.15, 0.2) is 11.6 Å². The molecule has 0 aliphatic heterocycles. The van der Waals surface area contributed by atoms with Gasteiger partial charge >= 0.3 is 0 Å². The van der Waals surface area contributed by atoms with Crippen LogP contribution in [0, 0.1) is 12.8 Å². The molecule has 3 rings (SSSR count). The third-order valence-corrected chi connectivity index (χ3v) is 4.71. The maximum atomic E-state index is 12.5. The summed E-state index contributed by atoms with van der Waals surface area (Å²) in [6.45, 7) is 3.68. The predicted octanol–water partition coefficient (Wildman–Crippen LogP) is 4.05. The number of aliphatic hydroxyl groups is 1. The molecular weight excluding hydrogens is 314 g/mol. The number of ketones is 2. The van der Waals surface area contributed by atoms with Gasteiger partial charge in [-0.2, -0.15) is 0 Å². The number of hydrogen-bond donors (Lipinski definition) is 1. The van der Waals surface area contributed by atoms with E-state index in [1.807, 2.05) is 31.2 Å². The Hall–Kier alpha value is -2.33. The smallest absolute Gasteiger partial charge is 0.180 e. The molecule has 0 spiro atoms. The molecule has 0 bridgehead atoms. The van der Waals surface area contributed by atoms with Gasteiger partial charge in [-0.15, -0.1) is 0 Å². The van der Waals surface area contributed by atoms with Gasteiger partial charge in [0.05, 0.1) is 5.69 Å². The summed E-state index contributed by atoms with van der Waals surface area (Å²) in [5, 5.41) is 10.8. The van der Waals surface area contributed by atoms with E-state index in [0.29, 0.717) is 30.0 Å².